The van der Waals surface area contributed by atoms with Crippen LogP contribution in [-0.2, 0) is 31.8 Å². The van der Waals surface area contributed by atoms with E-state index in [1.54, 1.807) is 13.8 Å². The van der Waals surface area contributed by atoms with Gasteiger partial charge >= 0.3 is 6.09 Å². The summed E-state index contributed by atoms with van der Waals surface area (Å²) in [4.78, 5) is 15.0. The van der Waals surface area contributed by atoms with Gasteiger partial charge in [0.25, 0.3) is 0 Å². The summed E-state index contributed by atoms with van der Waals surface area (Å²) in [5.41, 5.74) is 1.72. The van der Waals surface area contributed by atoms with E-state index in [4.69, 9.17) is 18.6 Å². The highest BCUT2D eigenvalue weighted by molar-refractivity contribution is 6.74. The molecule has 0 aliphatic carbocycles. The molecular formula is C30H45NO7Si. The zero-order valence-corrected chi connectivity index (χ0v) is 25.3. The highest BCUT2D eigenvalue weighted by Crippen LogP contribution is 2.38. The molecule has 9 heteroatoms. The van der Waals surface area contributed by atoms with Crippen LogP contribution in [0, 0.1) is 0 Å². The van der Waals surface area contributed by atoms with E-state index in [9.17, 15) is 15.0 Å². The van der Waals surface area contributed by atoms with Gasteiger partial charge in [-0.2, -0.15) is 0 Å². The van der Waals surface area contributed by atoms with Gasteiger partial charge in [-0.1, -0.05) is 81.4 Å². The molecule has 2 aromatic carbocycles. The number of rotatable bonds is 11. The molecule has 2 aromatic rings. The molecule has 0 bridgehead atoms. The van der Waals surface area contributed by atoms with Crippen LogP contribution in [0.4, 0.5) is 4.79 Å². The summed E-state index contributed by atoms with van der Waals surface area (Å²) in [5.74, 6) is -1.03. The van der Waals surface area contributed by atoms with Gasteiger partial charge in [-0.3, -0.25) is 4.90 Å². The lowest BCUT2D eigenvalue weighted by Gasteiger charge is -2.38. The van der Waals surface area contributed by atoms with E-state index >= 15 is 0 Å². The van der Waals surface area contributed by atoms with Gasteiger partial charge in [0.2, 0.25) is 0 Å². The van der Waals surface area contributed by atoms with E-state index in [-0.39, 0.29) is 24.8 Å². The molecule has 216 valence electrons. The number of ether oxygens (including phenoxy) is 3. The summed E-state index contributed by atoms with van der Waals surface area (Å²) in [5, 5.41) is 21.8. The number of carbonyl (C=O) groups is 1. The molecule has 8 nitrogen and oxygen atoms in total. The lowest BCUT2D eigenvalue weighted by molar-refractivity contribution is -0.160. The maximum atomic E-state index is 13.5. The average molecular weight is 560 g/mol. The van der Waals surface area contributed by atoms with E-state index < -0.39 is 51.2 Å². The molecule has 0 saturated carbocycles. The van der Waals surface area contributed by atoms with Crippen molar-refractivity contribution in [1.29, 1.82) is 0 Å². The Bertz CT molecular complexity index is 1040. The Hall–Kier alpha value is -2.27. The van der Waals surface area contributed by atoms with Gasteiger partial charge in [0, 0.05) is 6.54 Å². The fourth-order valence-electron chi connectivity index (χ4n) is 4.30. The largest absolute Gasteiger partial charge is 0.445 e. The van der Waals surface area contributed by atoms with Crippen LogP contribution in [0.15, 0.2) is 60.7 Å². The van der Waals surface area contributed by atoms with E-state index in [2.05, 4.69) is 33.9 Å². The standard InChI is InChI=1S/C30H45NO7Si/c1-29(2,3)39(6,7)36-21-25(33)27-26(37-30(4,5)38-27)24(19-32)31(18-22-14-10-8-11-15-22)28(34)35-20-23-16-12-9-13-17-23/h8-17,24-27,32-33H,18-21H2,1-7H3/t24-,25+,26-,27+/m0/s1. The molecule has 0 radical (unpaired) electrons. The SMILES string of the molecule is CC1(C)O[C@@H]([C@H](CO)N(Cc2ccccc2)C(=O)OCc2ccccc2)[C@@H]([C@H](O)CO[Si](C)(C)C(C)(C)C)O1. The third-order valence-corrected chi connectivity index (χ3v) is 12.1. The molecule has 0 aromatic heterocycles. The fourth-order valence-corrected chi connectivity index (χ4v) is 5.32. The van der Waals surface area contributed by atoms with Crippen LogP contribution in [0.25, 0.3) is 0 Å². The highest BCUT2D eigenvalue weighted by atomic mass is 28.4. The summed E-state index contributed by atoms with van der Waals surface area (Å²) in [7, 11) is -2.14. The molecule has 0 unspecified atom stereocenters. The Morgan fingerprint density at radius 1 is 1.00 bits per heavy atom. The summed E-state index contributed by atoms with van der Waals surface area (Å²) in [6.07, 6.45) is -3.28. The molecule has 3 rings (SSSR count). The second-order valence-electron chi connectivity index (χ2n) is 12.1. The van der Waals surface area contributed by atoms with E-state index in [0.717, 1.165) is 11.1 Å². The Labute approximate surface area is 234 Å². The van der Waals surface area contributed by atoms with Crippen molar-refractivity contribution in [2.75, 3.05) is 13.2 Å². The quantitative estimate of drug-likeness (QED) is 0.370. The summed E-state index contributed by atoms with van der Waals surface area (Å²) in [6, 6.07) is 18.1. The van der Waals surface area contributed by atoms with E-state index in [0.29, 0.717) is 0 Å². The minimum absolute atomic E-state index is 0.0267. The summed E-state index contributed by atoms with van der Waals surface area (Å²) >= 11 is 0. The second-order valence-corrected chi connectivity index (χ2v) is 16.9. The molecule has 1 aliphatic rings. The van der Waals surface area contributed by atoms with E-state index in [1.165, 1.54) is 4.90 Å². The minimum Gasteiger partial charge on any atom is -0.445 e. The highest BCUT2D eigenvalue weighted by Gasteiger charge is 2.51. The van der Waals surface area contributed by atoms with Gasteiger partial charge in [0.1, 0.15) is 24.9 Å². The van der Waals surface area contributed by atoms with Crippen LogP contribution in [-0.4, -0.2) is 72.9 Å². The zero-order valence-electron chi connectivity index (χ0n) is 24.3. The first kappa shape index (κ1) is 31.3. The van der Waals surface area contributed by atoms with Crippen LogP contribution in [0.2, 0.25) is 18.1 Å². The van der Waals surface area contributed by atoms with Crippen LogP contribution >= 0.6 is 0 Å². The second kappa shape index (κ2) is 12.9. The van der Waals surface area contributed by atoms with Gasteiger partial charge in [-0.25, -0.2) is 4.79 Å². The zero-order chi connectivity index (χ0) is 28.8. The van der Waals surface area contributed by atoms with Crippen molar-refractivity contribution >= 4 is 14.4 Å². The Morgan fingerprint density at radius 2 is 1.54 bits per heavy atom. The Morgan fingerprint density at radius 3 is 2.08 bits per heavy atom. The smallest absolute Gasteiger partial charge is 0.410 e. The molecule has 1 heterocycles. The van der Waals surface area contributed by atoms with Crippen LogP contribution in [0.1, 0.15) is 45.7 Å². The maximum absolute atomic E-state index is 13.5. The number of aliphatic hydroxyl groups is 2. The van der Waals surface area contributed by atoms with Crippen molar-refractivity contribution < 1.29 is 33.6 Å². The first-order valence-corrected chi connectivity index (χ1v) is 16.4. The number of aliphatic hydroxyl groups excluding tert-OH is 2. The lowest BCUT2D eigenvalue weighted by atomic mass is 10.00. The van der Waals surface area contributed by atoms with Gasteiger partial charge in [-0.15, -0.1) is 0 Å². The van der Waals surface area contributed by atoms with Gasteiger partial charge in [-0.05, 0) is 43.1 Å². The predicted molar refractivity (Wildman–Crippen MR) is 152 cm³/mol. The molecule has 39 heavy (non-hydrogen) atoms. The normalized spacial score (nSPS) is 20.8. The van der Waals surface area contributed by atoms with Crippen molar-refractivity contribution in [1.82, 2.24) is 4.90 Å². The molecule has 2 N–H and O–H groups in total. The van der Waals surface area contributed by atoms with Gasteiger partial charge in [0.15, 0.2) is 14.1 Å². The van der Waals surface area contributed by atoms with Crippen molar-refractivity contribution in [2.24, 2.45) is 0 Å². The molecule has 1 aliphatic heterocycles. The van der Waals surface area contributed by atoms with E-state index in [1.807, 2.05) is 60.7 Å². The molecule has 1 amide bonds. The first-order valence-electron chi connectivity index (χ1n) is 13.5. The number of carbonyl (C=O) groups excluding carboxylic acids is 1. The lowest BCUT2D eigenvalue weighted by Crippen LogP contribution is -2.55. The monoisotopic (exact) mass is 559 g/mol. The molecule has 1 fully saturated rings. The fraction of sp³-hybridized carbons (Fsp3) is 0.567. The topological polar surface area (TPSA) is 97.7 Å². The van der Waals surface area contributed by atoms with Crippen LogP contribution in [0.5, 0.6) is 0 Å². The van der Waals surface area contributed by atoms with Crippen molar-refractivity contribution in [2.45, 2.75) is 96.0 Å². The summed E-state index contributed by atoms with van der Waals surface area (Å²) < 4.78 is 24.3. The third kappa shape index (κ3) is 8.36. The number of nitrogens with zero attached hydrogens (tertiary/aromatic N) is 1. The van der Waals surface area contributed by atoms with Crippen LogP contribution < -0.4 is 0 Å². The van der Waals surface area contributed by atoms with Gasteiger partial charge < -0.3 is 28.8 Å². The molecule has 0 spiro atoms. The number of hydrogen-bond donors (Lipinski definition) is 2. The predicted octanol–water partition coefficient (Wildman–Crippen LogP) is 5.09. The average Bonchev–Trinajstić information content (AvgIpc) is 3.21. The van der Waals surface area contributed by atoms with Crippen molar-refractivity contribution in [3.05, 3.63) is 71.8 Å². The Balaban J connectivity index is 1.85. The van der Waals surface area contributed by atoms with Crippen molar-refractivity contribution in [3.63, 3.8) is 0 Å². The summed E-state index contributed by atoms with van der Waals surface area (Å²) in [6.45, 7) is 14.1. The molecule has 4 atom stereocenters. The number of hydrogen-bond acceptors (Lipinski definition) is 7. The number of amides is 1. The molecule has 1 saturated heterocycles. The van der Waals surface area contributed by atoms with Gasteiger partial charge in [0.05, 0.1) is 19.3 Å². The van der Waals surface area contributed by atoms with Crippen molar-refractivity contribution in [3.8, 4) is 0 Å². The third-order valence-electron chi connectivity index (χ3n) is 7.57. The van der Waals surface area contributed by atoms with Crippen LogP contribution in [0.3, 0.4) is 0 Å². The molecular weight excluding hydrogens is 514 g/mol. The maximum Gasteiger partial charge on any atom is 0.410 e. The Kier molecular flexibility index (Phi) is 10.4. The number of benzene rings is 2. The first-order chi connectivity index (χ1) is 18.2. The minimum atomic E-state index is -2.14.